The lowest BCUT2D eigenvalue weighted by Crippen LogP contribution is -1.99. The number of hydrogen-bond donors (Lipinski definition) is 1. The zero-order chi connectivity index (χ0) is 13.2. The Morgan fingerprint density at radius 1 is 1.32 bits per heavy atom. The number of rotatable bonds is 2. The van der Waals surface area contributed by atoms with E-state index >= 15 is 0 Å². The highest BCUT2D eigenvalue weighted by Gasteiger charge is 2.10. The molecule has 7 nitrogen and oxygen atoms in total. The van der Waals surface area contributed by atoms with Gasteiger partial charge in [0.05, 0.1) is 17.3 Å². The first kappa shape index (κ1) is 11.4. The van der Waals surface area contributed by atoms with E-state index in [-0.39, 0.29) is 0 Å². The van der Waals surface area contributed by atoms with Gasteiger partial charge in [0.25, 0.3) is 0 Å². The first-order valence-corrected chi connectivity index (χ1v) is 5.65. The number of hydrogen-bond acceptors (Lipinski definition) is 5. The van der Waals surface area contributed by atoms with Gasteiger partial charge in [-0.1, -0.05) is 11.6 Å². The van der Waals surface area contributed by atoms with E-state index in [1.807, 2.05) is 6.07 Å². The summed E-state index contributed by atoms with van der Waals surface area (Å²) in [6, 6.07) is 6.86. The van der Waals surface area contributed by atoms with Gasteiger partial charge in [-0.15, -0.1) is 15.0 Å². The van der Waals surface area contributed by atoms with Gasteiger partial charge in [-0.25, -0.2) is 4.98 Å². The Morgan fingerprint density at radius 3 is 2.95 bits per heavy atom. The first-order valence-electron chi connectivity index (χ1n) is 5.27. The van der Waals surface area contributed by atoms with Crippen molar-refractivity contribution in [2.75, 3.05) is 0 Å². The fourth-order valence-corrected chi connectivity index (χ4v) is 1.79. The third kappa shape index (κ3) is 2.17. The predicted molar refractivity (Wildman–Crippen MR) is 66.5 cm³/mol. The second kappa shape index (κ2) is 4.51. The maximum absolute atomic E-state index is 8.90. The van der Waals surface area contributed by atoms with Crippen LogP contribution in [-0.2, 0) is 0 Å². The summed E-state index contributed by atoms with van der Waals surface area (Å²) >= 11 is 5.93. The molecule has 0 aliphatic rings. The molecule has 2 heterocycles. The number of aromatic nitrogens is 6. The molecule has 0 radical (unpaired) electrons. The van der Waals surface area contributed by atoms with Crippen LogP contribution in [0.5, 0.6) is 0 Å². The number of aromatic amines is 1. The minimum atomic E-state index is 0.364. The summed E-state index contributed by atoms with van der Waals surface area (Å²) in [5, 5.41) is 21.3. The molecule has 92 valence electrons. The quantitative estimate of drug-likeness (QED) is 0.763. The predicted octanol–water partition coefficient (Wildman–Crippen LogP) is 1.58. The van der Waals surface area contributed by atoms with Gasteiger partial charge in [0.2, 0.25) is 5.82 Å². The van der Waals surface area contributed by atoms with Gasteiger partial charge in [0.15, 0.2) is 5.82 Å². The monoisotopic (exact) mass is 271 g/mol. The number of H-pyrrole nitrogens is 1. The van der Waals surface area contributed by atoms with E-state index in [0.29, 0.717) is 27.9 Å². The molecule has 1 aromatic carbocycles. The second-order valence-electron chi connectivity index (χ2n) is 3.65. The Bertz CT molecular complexity index is 754. The SMILES string of the molecule is N#Cc1cc(Cl)cc(-n2nnc(-c3ncc[nH]3)n2)c1. The van der Waals surface area contributed by atoms with Gasteiger partial charge in [-0.3, -0.25) is 0 Å². The van der Waals surface area contributed by atoms with Crippen molar-refractivity contribution >= 4 is 11.6 Å². The standard InChI is InChI=1S/C11H6ClN7/c12-8-3-7(6-13)4-9(5-8)19-17-11(16-18-19)10-14-1-2-15-10/h1-5H,(H,14,15). The first-order chi connectivity index (χ1) is 9.26. The smallest absolute Gasteiger partial charge is 0.240 e. The maximum Gasteiger partial charge on any atom is 0.240 e. The molecule has 0 fully saturated rings. The van der Waals surface area contributed by atoms with Crippen LogP contribution in [0, 0.1) is 11.3 Å². The molecule has 0 atom stereocenters. The highest BCUT2D eigenvalue weighted by molar-refractivity contribution is 6.30. The largest absolute Gasteiger partial charge is 0.342 e. The van der Waals surface area contributed by atoms with Crippen molar-refractivity contribution in [2.24, 2.45) is 0 Å². The van der Waals surface area contributed by atoms with Crippen LogP contribution in [-0.4, -0.2) is 30.2 Å². The van der Waals surface area contributed by atoms with Gasteiger partial charge < -0.3 is 4.98 Å². The Morgan fingerprint density at radius 2 is 2.21 bits per heavy atom. The Hall–Kier alpha value is -2.72. The Labute approximate surface area is 112 Å². The fourth-order valence-electron chi connectivity index (χ4n) is 1.56. The van der Waals surface area contributed by atoms with E-state index in [1.54, 1.807) is 30.6 Å². The molecule has 3 aromatic rings. The van der Waals surface area contributed by atoms with Crippen molar-refractivity contribution in [2.45, 2.75) is 0 Å². The number of nitrogens with zero attached hydrogens (tertiary/aromatic N) is 6. The molecule has 8 heteroatoms. The van der Waals surface area contributed by atoms with Crippen molar-refractivity contribution in [1.29, 1.82) is 5.26 Å². The third-order valence-electron chi connectivity index (χ3n) is 2.37. The normalized spacial score (nSPS) is 10.3. The van der Waals surface area contributed by atoms with Crippen LogP contribution in [0.4, 0.5) is 0 Å². The summed E-state index contributed by atoms with van der Waals surface area (Å²) < 4.78 is 0. The van der Waals surface area contributed by atoms with Gasteiger partial charge in [0.1, 0.15) is 0 Å². The summed E-state index contributed by atoms with van der Waals surface area (Å²) in [6.07, 6.45) is 3.27. The number of benzene rings is 1. The van der Waals surface area contributed by atoms with E-state index < -0.39 is 0 Å². The molecule has 0 unspecified atom stereocenters. The molecule has 0 bridgehead atoms. The maximum atomic E-state index is 8.90. The topological polar surface area (TPSA) is 96.1 Å². The fraction of sp³-hybridized carbons (Fsp3) is 0. The summed E-state index contributed by atoms with van der Waals surface area (Å²) in [5.74, 6) is 0.886. The number of imidazole rings is 1. The molecule has 2 aromatic heterocycles. The number of nitrogens with one attached hydrogen (secondary N) is 1. The van der Waals surface area contributed by atoms with Gasteiger partial charge in [-0.05, 0) is 23.4 Å². The number of tetrazole rings is 1. The zero-order valence-corrected chi connectivity index (χ0v) is 10.2. The number of nitriles is 1. The van der Waals surface area contributed by atoms with Crippen LogP contribution in [0.1, 0.15) is 5.56 Å². The molecule has 0 aliphatic heterocycles. The van der Waals surface area contributed by atoms with Crippen LogP contribution in [0.15, 0.2) is 30.6 Å². The molecule has 3 rings (SSSR count). The van der Waals surface area contributed by atoms with Crippen LogP contribution in [0.3, 0.4) is 0 Å². The summed E-state index contributed by atoms with van der Waals surface area (Å²) in [4.78, 5) is 8.21. The molecule has 0 amide bonds. The van der Waals surface area contributed by atoms with Gasteiger partial charge >= 0.3 is 0 Å². The van der Waals surface area contributed by atoms with Crippen LogP contribution in [0.2, 0.25) is 5.02 Å². The second-order valence-corrected chi connectivity index (χ2v) is 4.09. The molecule has 19 heavy (non-hydrogen) atoms. The van der Waals surface area contributed by atoms with Crippen molar-refractivity contribution in [1.82, 2.24) is 30.2 Å². The summed E-state index contributed by atoms with van der Waals surface area (Å²) in [5.41, 5.74) is 0.994. The minimum absolute atomic E-state index is 0.364. The van der Waals surface area contributed by atoms with Crippen LogP contribution < -0.4 is 0 Å². The lowest BCUT2D eigenvalue weighted by atomic mass is 10.2. The van der Waals surface area contributed by atoms with Crippen molar-refractivity contribution in [3.63, 3.8) is 0 Å². The molecule has 0 saturated carbocycles. The van der Waals surface area contributed by atoms with Crippen molar-refractivity contribution in [3.8, 4) is 23.4 Å². The van der Waals surface area contributed by atoms with E-state index in [2.05, 4.69) is 25.4 Å². The molecular formula is C11H6ClN7. The van der Waals surface area contributed by atoms with Crippen molar-refractivity contribution < 1.29 is 0 Å². The van der Waals surface area contributed by atoms with E-state index in [0.717, 1.165) is 0 Å². The van der Waals surface area contributed by atoms with Gasteiger partial charge in [-0.2, -0.15) is 5.26 Å². The summed E-state index contributed by atoms with van der Waals surface area (Å²) in [7, 11) is 0. The third-order valence-corrected chi connectivity index (χ3v) is 2.58. The minimum Gasteiger partial charge on any atom is -0.342 e. The molecular weight excluding hydrogens is 266 g/mol. The molecule has 0 aliphatic carbocycles. The molecule has 0 spiro atoms. The molecule has 1 N–H and O–H groups in total. The van der Waals surface area contributed by atoms with E-state index in [9.17, 15) is 0 Å². The average molecular weight is 272 g/mol. The number of halogens is 1. The average Bonchev–Trinajstić information content (AvgIpc) is 3.08. The van der Waals surface area contributed by atoms with E-state index in [4.69, 9.17) is 16.9 Å². The van der Waals surface area contributed by atoms with Gasteiger partial charge in [0, 0.05) is 17.4 Å². The molecule has 0 saturated heterocycles. The highest BCUT2D eigenvalue weighted by Crippen LogP contribution is 2.17. The van der Waals surface area contributed by atoms with Crippen molar-refractivity contribution in [3.05, 3.63) is 41.2 Å². The lowest BCUT2D eigenvalue weighted by Gasteiger charge is -1.99. The lowest BCUT2D eigenvalue weighted by molar-refractivity contribution is 0.720. The zero-order valence-electron chi connectivity index (χ0n) is 9.45. The van der Waals surface area contributed by atoms with Crippen LogP contribution in [0.25, 0.3) is 17.3 Å². The Kier molecular flexibility index (Phi) is 2.70. The summed E-state index contributed by atoms with van der Waals surface area (Å²) in [6.45, 7) is 0. The highest BCUT2D eigenvalue weighted by atomic mass is 35.5. The van der Waals surface area contributed by atoms with Crippen LogP contribution >= 0.6 is 11.6 Å². The Balaban J connectivity index is 2.04. The van der Waals surface area contributed by atoms with E-state index in [1.165, 1.54) is 4.80 Å².